The molecule has 1 saturated carbocycles. The fraction of sp³-hybridized carbons (Fsp3) is 0.432. The standard InChI is InChI=1S/C37H40F2N10O2S/c1-4-44-10-14-47(15-11-44)32-19-30-24(17-28(32)39)33(50)25(21-48(30)22-6-7-22)35-40-41-37-49(35)42-36(52-37)26-20-45(5-2)29-18-31(27(38)16-23(29)34(26)51)46-12-8-43(3)9-13-46/h16-22H,4-15H2,1-3H3. The second-order valence-corrected chi connectivity index (χ2v) is 15.1. The smallest absolute Gasteiger partial charge is 0.235 e. The maximum Gasteiger partial charge on any atom is 0.235 e. The first-order chi connectivity index (χ1) is 25.2. The summed E-state index contributed by atoms with van der Waals surface area (Å²) in [6.45, 7) is 11.9. The third-order valence-electron chi connectivity index (χ3n) is 11.0. The molecule has 2 saturated heterocycles. The highest BCUT2D eigenvalue weighted by molar-refractivity contribution is 7.19. The molecule has 0 N–H and O–H groups in total. The van der Waals surface area contributed by atoms with Crippen molar-refractivity contribution < 1.29 is 8.78 Å². The van der Waals surface area contributed by atoms with Crippen LogP contribution in [0.5, 0.6) is 0 Å². The Balaban J connectivity index is 1.12. The normalized spacial score (nSPS) is 17.7. The molecule has 0 radical (unpaired) electrons. The minimum absolute atomic E-state index is 0.189. The molecule has 0 atom stereocenters. The number of halogens is 2. The third-order valence-corrected chi connectivity index (χ3v) is 11.9. The fourth-order valence-electron chi connectivity index (χ4n) is 7.72. The van der Waals surface area contributed by atoms with Crippen LogP contribution in [0.3, 0.4) is 0 Å². The molecule has 4 aromatic heterocycles. The zero-order valence-corrected chi connectivity index (χ0v) is 30.3. The van der Waals surface area contributed by atoms with Gasteiger partial charge in [0.2, 0.25) is 10.4 Å². The van der Waals surface area contributed by atoms with Crippen molar-refractivity contribution in [1.82, 2.24) is 38.7 Å². The van der Waals surface area contributed by atoms with E-state index in [-0.39, 0.29) is 39.1 Å². The first-order valence-corrected chi connectivity index (χ1v) is 18.9. The highest BCUT2D eigenvalue weighted by atomic mass is 32.1. The molecule has 52 heavy (non-hydrogen) atoms. The lowest BCUT2D eigenvalue weighted by molar-refractivity contribution is 0.270. The van der Waals surface area contributed by atoms with Crippen molar-refractivity contribution in [3.05, 3.63) is 68.7 Å². The molecule has 1 aliphatic carbocycles. The van der Waals surface area contributed by atoms with Gasteiger partial charge >= 0.3 is 0 Å². The average molecular weight is 727 g/mol. The molecular formula is C37H40F2N10O2S. The van der Waals surface area contributed by atoms with Crippen LogP contribution < -0.4 is 20.7 Å². The number of aromatic nitrogens is 6. The molecule has 6 heterocycles. The maximum absolute atomic E-state index is 15.8. The van der Waals surface area contributed by atoms with Crippen LogP contribution in [0.1, 0.15) is 32.7 Å². The zero-order chi connectivity index (χ0) is 35.8. The number of pyridine rings is 2. The van der Waals surface area contributed by atoms with Crippen LogP contribution in [0, 0.1) is 11.6 Å². The molecule has 12 nitrogen and oxygen atoms in total. The summed E-state index contributed by atoms with van der Waals surface area (Å²) in [6, 6.07) is 6.50. The molecule has 3 fully saturated rings. The number of aryl methyl sites for hydroxylation is 1. The fourth-order valence-corrected chi connectivity index (χ4v) is 8.56. The molecule has 0 bridgehead atoms. The monoisotopic (exact) mass is 726 g/mol. The van der Waals surface area contributed by atoms with E-state index >= 15 is 8.78 Å². The number of nitrogens with zero attached hydrogens (tertiary/aromatic N) is 10. The lowest BCUT2D eigenvalue weighted by atomic mass is 10.1. The summed E-state index contributed by atoms with van der Waals surface area (Å²) >= 11 is 1.17. The molecule has 6 aromatic rings. The molecule has 15 heteroatoms. The van der Waals surface area contributed by atoms with Gasteiger partial charge in [-0.1, -0.05) is 18.3 Å². The van der Waals surface area contributed by atoms with Crippen molar-refractivity contribution in [2.45, 2.75) is 39.3 Å². The topological polar surface area (TPSA) is 100 Å². The Labute approximate surface area is 302 Å². The van der Waals surface area contributed by atoms with Crippen molar-refractivity contribution in [3.8, 4) is 22.0 Å². The predicted molar refractivity (Wildman–Crippen MR) is 201 cm³/mol. The summed E-state index contributed by atoms with van der Waals surface area (Å²) < 4.78 is 36.9. The van der Waals surface area contributed by atoms with Gasteiger partial charge in [0.05, 0.1) is 33.5 Å². The zero-order valence-electron chi connectivity index (χ0n) is 29.5. The van der Waals surface area contributed by atoms with E-state index in [1.807, 2.05) is 22.5 Å². The number of piperazine rings is 2. The van der Waals surface area contributed by atoms with Crippen LogP contribution >= 0.6 is 11.3 Å². The third kappa shape index (κ3) is 5.48. The Hall–Kier alpha value is -4.73. The van der Waals surface area contributed by atoms with Crippen molar-refractivity contribution in [2.24, 2.45) is 0 Å². The van der Waals surface area contributed by atoms with Gasteiger partial charge in [0.25, 0.3) is 0 Å². The van der Waals surface area contributed by atoms with E-state index in [0.29, 0.717) is 57.6 Å². The second-order valence-electron chi connectivity index (χ2n) is 14.1. The first kappa shape index (κ1) is 33.1. The van der Waals surface area contributed by atoms with Crippen molar-refractivity contribution in [1.29, 1.82) is 0 Å². The molecule has 2 aliphatic heterocycles. The van der Waals surface area contributed by atoms with Gasteiger partial charge in [0.15, 0.2) is 16.3 Å². The van der Waals surface area contributed by atoms with Crippen LogP contribution in [-0.4, -0.2) is 105 Å². The number of rotatable bonds is 7. The van der Waals surface area contributed by atoms with Crippen LogP contribution in [0.25, 0.3) is 48.7 Å². The second kappa shape index (κ2) is 12.7. The number of hydrogen-bond acceptors (Lipinski definition) is 10. The van der Waals surface area contributed by atoms with Gasteiger partial charge < -0.3 is 28.7 Å². The Morgan fingerprint density at radius 1 is 0.750 bits per heavy atom. The van der Waals surface area contributed by atoms with E-state index < -0.39 is 11.6 Å². The first-order valence-electron chi connectivity index (χ1n) is 18.1. The van der Waals surface area contributed by atoms with E-state index in [0.717, 1.165) is 58.7 Å². The Morgan fingerprint density at radius 2 is 1.37 bits per heavy atom. The SMILES string of the molecule is CCN1CCN(c2cc3c(cc2F)c(=O)c(-c2nnc4sc(-c5cn(CC)c6cc(N7CCN(C)CC7)c(F)cc6c5=O)nn24)cn3C2CC2)CC1. The number of benzene rings is 2. The number of anilines is 2. The van der Waals surface area contributed by atoms with Crippen molar-refractivity contribution in [2.75, 3.05) is 75.8 Å². The summed E-state index contributed by atoms with van der Waals surface area (Å²) in [4.78, 5) is 37.2. The van der Waals surface area contributed by atoms with Crippen LogP contribution in [0.15, 0.2) is 46.2 Å². The highest BCUT2D eigenvalue weighted by Crippen LogP contribution is 2.39. The van der Waals surface area contributed by atoms with E-state index in [4.69, 9.17) is 5.10 Å². The quantitative estimate of drug-likeness (QED) is 0.232. The molecule has 270 valence electrons. The lowest BCUT2D eigenvalue weighted by Crippen LogP contribution is -2.46. The molecule has 0 spiro atoms. The van der Waals surface area contributed by atoms with Gasteiger partial charge in [-0.2, -0.15) is 9.61 Å². The molecule has 9 rings (SSSR count). The van der Waals surface area contributed by atoms with E-state index in [2.05, 4.69) is 43.4 Å². The van der Waals surface area contributed by atoms with Crippen LogP contribution in [-0.2, 0) is 6.54 Å². The molecule has 0 amide bonds. The van der Waals surface area contributed by atoms with Crippen molar-refractivity contribution >= 4 is 49.5 Å². The van der Waals surface area contributed by atoms with Gasteiger partial charge in [-0.05, 0) is 57.6 Å². The van der Waals surface area contributed by atoms with Crippen LogP contribution in [0.2, 0.25) is 0 Å². The average Bonchev–Trinajstić information content (AvgIpc) is 3.80. The predicted octanol–water partition coefficient (Wildman–Crippen LogP) is 4.68. The Morgan fingerprint density at radius 3 is 2.00 bits per heavy atom. The number of fused-ring (bicyclic) bond motifs is 3. The van der Waals surface area contributed by atoms with Gasteiger partial charge in [0, 0.05) is 88.1 Å². The van der Waals surface area contributed by atoms with Crippen LogP contribution in [0.4, 0.5) is 20.2 Å². The van der Waals surface area contributed by atoms with E-state index in [1.165, 1.54) is 28.0 Å². The summed E-state index contributed by atoms with van der Waals surface area (Å²) in [5, 5.41) is 14.4. The van der Waals surface area contributed by atoms with Gasteiger partial charge in [-0.25, -0.2) is 8.78 Å². The molecular weight excluding hydrogens is 687 g/mol. The Kier molecular flexibility index (Phi) is 8.12. The molecule has 0 unspecified atom stereocenters. The van der Waals surface area contributed by atoms with Gasteiger partial charge in [-0.3, -0.25) is 9.59 Å². The number of likely N-dealkylation sites (N-methyl/N-ethyl adjacent to an activating group) is 2. The van der Waals surface area contributed by atoms with Crippen molar-refractivity contribution in [3.63, 3.8) is 0 Å². The minimum atomic E-state index is -0.430. The molecule has 2 aromatic carbocycles. The lowest BCUT2D eigenvalue weighted by Gasteiger charge is -2.35. The van der Waals surface area contributed by atoms with Gasteiger partial charge in [0.1, 0.15) is 11.6 Å². The highest BCUT2D eigenvalue weighted by Gasteiger charge is 2.30. The maximum atomic E-state index is 15.8. The summed E-state index contributed by atoms with van der Waals surface area (Å²) in [5.41, 5.74) is 2.25. The summed E-state index contributed by atoms with van der Waals surface area (Å²) in [5.74, 6) is -0.634. The largest absolute Gasteiger partial charge is 0.367 e. The summed E-state index contributed by atoms with van der Waals surface area (Å²) in [6.07, 6.45) is 5.48. The summed E-state index contributed by atoms with van der Waals surface area (Å²) in [7, 11) is 2.05. The minimum Gasteiger partial charge on any atom is -0.367 e. The van der Waals surface area contributed by atoms with E-state index in [9.17, 15) is 9.59 Å². The molecule has 3 aliphatic rings. The number of hydrogen-bond donors (Lipinski definition) is 0. The Bertz CT molecular complexity index is 2490. The van der Waals surface area contributed by atoms with E-state index in [1.54, 1.807) is 18.5 Å². The van der Waals surface area contributed by atoms with Gasteiger partial charge in [-0.15, -0.1) is 10.2 Å².